The largest absolute Gasteiger partial charge is 0.458 e. The van der Waals surface area contributed by atoms with Crippen LogP contribution >= 0.6 is 0 Å². The Balaban J connectivity index is 1.79. The number of carbonyl (C=O) groups excluding carboxylic acids is 2. The molecule has 0 atom stereocenters. The highest BCUT2D eigenvalue weighted by Gasteiger charge is 2.17. The van der Waals surface area contributed by atoms with Crippen molar-refractivity contribution in [2.75, 3.05) is 0 Å². The minimum Gasteiger partial charge on any atom is -0.444 e. The van der Waals surface area contributed by atoms with Crippen molar-refractivity contribution in [2.24, 2.45) is 10.2 Å². The van der Waals surface area contributed by atoms with Crippen molar-refractivity contribution in [2.45, 2.75) is 45.1 Å². The number of azo groups is 1. The highest BCUT2D eigenvalue weighted by atomic mass is 16.6. The zero-order chi connectivity index (χ0) is 15.1. The number of benzene rings is 1. The number of amides is 2. The fourth-order valence-corrected chi connectivity index (χ4v) is 2.23. The Hall–Kier alpha value is -2.24. The fraction of sp³-hybridized carbons (Fsp3) is 0.467. The monoisotopic (exact) mass is 290 g/mol. The Bertz CT molecular complexity index is 536. The van der Waals surface area contributed by atoms with Gasteiger partial charge in [0.1, 0.15) is 11.9 Å². The molecule has 21 heavy (non-hydrogen) atoms. The Morgan fingerprint density at radius 3 is 2.52 bits per heavy atom. The van der Waals surface area contributed by atoms with E-state index in [9.17, 15) is 9.59 Å². The molecule has 1 aliphatic carbocycles. The number of nitrogens with zero attached hydrogens (tertiary/aromatic N) is 2. The van der Waals surface area contributed by atoms with Crippen LogP contribution in [0.3, 0.4) is 0 Å². The van der Waals surface area contributed by atoms with Gasteiger partial charge >= 0.3 is 12.2 Å². The lowest BCUT2D eigenvalue weighted by molar-refractivity contribution is 0.0817. The third-order valence-corrected chi connectivity index (χ3v) is 3.23. The van der Waals surface area contributed by atoms with E-state index in [-0.39, 0.29) is 6.10 Å². The number of rotatable bonds is 2. The van der Waals surface area contributed by atoms with Gasteiger partial charge in [0.15, 0.2) is 0 Å². The number of hydrogen-bond acceptors (Lipinski definition) is 4. The molecule has 6 heteroatoms. The summed E-state index contributed by atoms with van der Waals surface area (Å²) >= 11 is 0. The minimum absolute atomic E-state index is 0.113. The van der Waals surface area contributed by atoms with E-state index >= 15 is 0 Å². The number of carbonyl (C=O) groups is 2. The van der Waals surface area contributed by atoms with Crippen LogP contribution in [0, 0.1) is 6.92 Å². The molecule has 0 aromatic heterocycles. The summed E-state index contributed by atoms with van der Waals surface area (Å²) in [6.45, 7) is 1.88. The Morgan fingerprint density at radius 1 is 1.10 bits per heavy atom. The zero-order valence-corrected chi connectivity index (χ0v) is 11.9. The quantitative estimate of drug-likeness (QED) is 0.755. The predicted octanol–water partition coefficient (Wildman–Crippen LogP) is 4.42. The molecule has 6 nitrogen and oxygen atoms in total. The summed E-state index contributed by atoms with van der Waals surface area (Å²) < 4.78 is 10.0. The molecule has 0 aliphatic heterocycles. The molecule has 0 bridgehead atoms. The third-order valence-electron chi connectivity index (χ3n) is 3.23. The molecule has 0 spiro atoms. The average Bonchev–Trinajstić information content (AvgIpc) is 2.46. The van der Waals surface area contributed by atoms with Crippen molar-refractivity contribution in [1.82, 2.24) is 0 Å². The van der Waals surface area contributed by atoms with Crippen LogP contribution in [0.2, 0.25) is 0 Å². The first kappa shape index (κ1) is 15.2. The smallest absolute Gasteiger partial charge is 0.444 e. The van der Waals surface area contributed by atoms with Crippen LogP contribution in [0.1, 0.15) is 37.7 Å². The van der Waals surface area contributed by atoms with E-state index in [4.69, 9.17) is 9.47 Å². The summed E-state index contributed by atoms with van der Waals surface area (Å²) in [5, 5.41) is 6.43. The normalized spacial score (nSPS) is 15.9. The summed E-state index contributed by atoms with van der Waals surface area (Å²) in [6, 6.07) is 6.95. The Labute approximate surface area is 123 Å². The lowest BCUT2D eigenvalue weighted by atomic mass is 9.98. The second-order valence-electron chi connectivity index (χ2n) is 5.03. The molecule has 1 saturated carbocycles. The molecule has 0 radical (unpaired) electrons. The molecule has 2 rings (SSSR count). The van der Waals surface area contributed by atoms with Gasteiger partial charge in [-0.2, -0.15) is 0 Å². The zero-order valence-electron chi connectivity index (χ0n) is 11.9. The molecular formula is C15H18N2O4. The standard InChI is InChI=1S/C15H18N2O4/c1-11-6-5-9-13(10-11)21-15(19)17-16-14(18)20-12-7-3-2-4-8-12/h5-6,9-10,12H,2-4,7-8H2,1H3/b17-16+. The van der Waals surface area contributed by atoms with E-state index in [0.29, 0.717) is 5.75 Å². The van der Waals surface area contributed by atoms with Crippen LogP contribution in [-0.2, 0) is 4.74 Å². The van der Waals surface area contributed by atoms with E-state index in [0.717, 1.165) is 31.2 Å². The van der Waals surface area contributed by atoms with Crippen LogP contribution in [-0.4, -0.2) is 18.3 Å². The fourth-order valence-electron chi connectivity index (χ4n) is 2.23. The first-order valence-electron chi connectivity index (χ1n) is 7.04. The molecule has 2 amide bonds. The predicted molar refractivity (Wildman–Crippen MR) is 75.4 cm³/mol. The van der Waals surface area contributed by atoms with E-state index < -0.39 is 12.2 Å². The van der Waals surface area contributed by atoms with Gasteiger partial charge in [0.25, 0.3) is 0 Å². The highest BCUT2D eigenvalue weighted by Crippen LogP contribution is 2.20. The van der Waals surface area contributed by atoms with Crippen LogP contribution in [0.4, 0.5) is 9.59 Å². The van der Waals surface area contributed by atoms with Crippen molar-refractivity contribution in [1.29, 1.82) is 0 Å². The van der Waals surface area contributed by atoms with Gasteiger partial charge in [0.2, 0.25) is 0 Å². The van der Waals surface area contributed by atoms with Crippen LogP contribution < -0.4 is 4.74 Å². The van der Waals surface area contributed by atoms with Gasteiger partial charge in [-0.15, -0.1) is 0 Å². The molecule has 0 N–H and O–H groups in total. The van der Waals surface area contributed by atoms with Crippen LogP contribution in [0.15, 0.2) is 34.5 Å². The summed E-state index contributed by atoms with van der Waals surface area (Å²) in [5.41, 5.74) is 0.953. The minimum atomic E-state index is -0.943. The van der Waals surface area contributed by atoms with Gasteiger partial charge < -0.3 is 9.47 Å². The first-order valence-corrected chi connectivity index (χ1v) is 7.04. The molecule has 112 valence electrons. The number of aryl methyl sites for hydroxylation is 1. The highest BCUT2D eigenvalue weighted by molar-refractivity contribution is 5.74. The third kappa shape index (κ3) is 5.33. The maximum atomic E-state index is 11.4. The second kappa shape index (κ2) is 7.52. The Kier molecular flexibility index (Phi) is 5.43. The average molecular weight is 290 g/mol. The maximum absolute atomic E-state index is 11.4. The lowest BCUT2D eigenvalue weighted by Gasteiger charge is -2.20. The SMILES string of the molecule is Cc1cccc(OC(=O)/N=N/C(=O)OC2CCCCC2)c1. The van der Waals surface area contributed by atoms with Crippen molar-refractivity contribution in [3.8, 4) is 5.75 Å². The molecule has 1 aromatic rings. The molecular weight excluding hydrogens is 272 g/mol. The summed E-state index contributed by atoms with van der Waals surface area (Å²) in [5.74, 6) is 0.361. The van der Waals surface area contributed by atoms with Crippen molar-refractivity contribution >= 4 is 12.2 Å². The van der Waals surface area contributed by atoms with Crippen LogP contribution in [0.25, 0.3) is 0 Å². The van der Waals surface area contributed by atoms with E-state index in [1.165, 1.54) is 6.42 Å². The van der Waals surface area contributed by atoms with Gasteiger partial charge in [-0.25, -0.2) is 9.59 Å². The Morgan fingerprint density at radius 2 is 1.81 bits per heavy atom. The summed E-state index contributed by atoms with van der Waals surface area (Å²) in [6.07, 6.45) is 3.04. The first-order chi connectivity index (χ1) is 10.1. The molecule has 1 fully saturated rings. The van der Waals surface area contributed by atoms with Crippen molar-refractivity contribution in [3.05, 3.63) is 29.8 Å². The summed E-state index contributed by atoms with van der Waals surface area (Å²) in [7, 11) is 0. The van der Waals surface area contributed by atoms with Gasteiger partial charge in [-0.05, 0) is 50.3 Å². The van der Waals surface area contributed by atoms with E-state index in [1.54, 1.807) is 18.2 Å². The van der Waals surface area contributed by atoms with Crippen molar-refractivity contribution in [3.63, 3.8) is 0 Å². The number of hydrogen-bond donors (Lipinski definition) is 0. The number of ether oxygens (including phenoxy) is 2. The maximum Gasteiger partial charge on any atom is 0.458 e. The molecule has 1 aliphatic rings. The molecule has 0 heterocycles. The van der Waals surface area contributed by atoms with Gasteiger partial charge in [-0.1, -0.05) is 28.8 Å². The summed E-state index contributed by atoms with van der Waals surface area (Å²) in [4.78, 5) is 22.9. The van der Waals surface area contributed by atoms with Gasteiger partial charge in [0.05, 0.1) is 0 Å². The topological polar surface area (TPSA) is 77.3 Å². The second-order valence-corrected chi connectivity index (χ2v) is 5.03. The van der Waals surface area contributed by atoms with E-state index in [2.05, 4.69) is 10.2 Å². The van der Waals surface area contributed by atoms with Crippen LogP contribution in [0.5, 0.6) is 5.75 Å². The molecule has 0 saturated heterocycles. The van der Waals surface area contributed by atoms with Crippen molar-refractivity contribution < 1.29 is 19.1 Å². The van der Waals surface area contributed by atoms with Gasteiger partial charge in [0, 0.05) is 0 Å². The lowest BCUT2D eigenvalue weighted by Crippen LogP contribution is -2.19. The molecule has 1 aromatic carbocycles. The van der Waals surface area contributed by atoms with Gasteiger partial charge in [-0.3, -0.25) is 0 Å². The van der Waals surface area contributed by atoms with E-state index in [1.807, 2.05) is 13.0 Å². The molecule has 0 unspecified atom stereocenters.